The largest absolute Gasteiger partial charge is 0.322 e. The van der Waals surface area contributed by atoms with Gasteiger partial charge in [-0.05, 0) is 65.2 Å². The number of hydrogen-bond donors (Lipinski definition) is 1. The fourth-order valence-electron chi connectivity index (χ4n) is 1.64. The van der Waals surface area contributed by atoms with Crippen LogP contribution in [0.2, 0.25) is 0 Å². The summed E-state index contributed by atoms with van der Waals surface area (Å²) < 4.78 is 1.06. The molecule has 1 N–H and O–H groups in total. The molecule has 0 aliphatic heterocycles. The van der Waals surface area contributed by atoms with Gasteiger partial charge in [0, 0.05) is 16.6 Å². The van der Waals surface area contributed by atoms with E-state index in [-0.39, 0.29) is 5.91 Å². The minimum atomic E-state index is -0.113. The van der Waals surface area contributed by atoms with E-state index in [4.69, 9.17) is 0 Å². The minimum absolute atomic E-state index is 0.113. The van der Waals surface area contributed by atoms with E-state index in [0.29, 0.717) is 0 Å². The summed E-state index contributed by atoms with van der Waals surface area (Å²) in [5.41, 5.74) is 3.13. The number of benzene rings is 1. The van der Waals surface area contributed by atoms with Gasteiger partial charge in [0.25, 0.3) is 0 Å². The Morgan fingerprint density at radius 1 is 1.26 bits per heavy atom. The molecule has 0 fully saturated rings. The fraction of sp³-hybridized carbons (Fsp3) is 0.133. The molecule has 1 heterocycles. The van der Waals surface area contributed by atoms with E-state index in [2.05, 4.69) is 21.2 Å². The maximum Gasteiger partial charge on any atom is 0.248 e. The molecule has 2 nitrogen and oxygen atoms in total. The van der Waals surface area contributed by atoms with Crippen LogP contribution in [0.1, 0.15) is 16.0 Å². The normalized spacial score (nSPS) is 10.9. The molecule has 0 bridgehead atoms. The average Bonchev–Trinajstić information content (AvgIpc) is 2.78. The lowest BCUT2D eigenvalue weighted by Gasteiger charge is -2.08. The molecule has 0 unspecified atom stereocenters. The minimum Gasteiger partial charge on any atom is -0.322 e. The van der Waals surface area contributed by atoms with Crippen LogP contribution in [0.3, 0.4) is 0 Å². The molecule has 1 amide bonds. The highest BCUT2D eigenvalue weighted by Gasteiger charge is 2.03. The van der Waals surface area contributed by atoms with E-state index in [1.807, 2.05) is 50.3 Å². The predicted molar refractivity (Wildman–Crippen MR) is 85.6 cm³/mol. The van der Waals surface area contributed by atoms with Crippen molar-refractivity contribution in [2.45, 2.75) is 13.8 Å². The number of hydrogen-bond acceptors (Lipinski definition) is 2. The van der Waals surface area contributed by atoms with Crippen LogP contribution in [0.5, 0.6) is 0 Å². The molecule has 0 saturated heterocycles. The molecule has 4 heteroatoms. The molecule has 1 aromatic carbocycles. The summed E-state index contributed by atoms with van der Waals surface area (Å²) in [6, 6.07) is 9.82. The summed E-state index contributed by atoms with van der Waals surface area (Å²) in [5.74, 6) is -0.113. The van der Waals surface area contributed by atoms with E-state index >= 15 is 0 Å². The Morgan fingerprint density at radius 3 is 2.74 bits per heavy atom. The van der Waals surface area contributed by atoms with Gasteiger partial charge >= 0.3 is 0 Å². The van der Waals surface area contributed by atoms with Gasteiger partial charge in [-0.3, -0.25) is 4.79 Å². The van der Waals surface area contributed by atoms with E-state index in [1.54, 1.807) is 17.4 Å². The number of thiophene rings is 1. The zero-order chi connectivity index (χ0) is 13.8. The van der Waals surface area contributed by atoms with Gasteiger partial charge in [-0.1, -0.05) is 12.1 Å². The lowest BCUT2D eigenvalue weighted by molar-refractivity contribution is -0.111. The SMILES string of the molecule is Cc1cccc(NC(=O)/C=C/c2ccc(Br)s2)c1C. The van der Waals surface area contributed by atoms with Crippen molar-refractivity contribution in [3.63, 3.8) is 0 Å². The first-order valence-corrected chi connectivity index (χ1v) is 7.48. The summed E-state index contributed by atoms with van der Waals surface area (Å²) >= 11 is 4.99. The van der Waals surface area contributed by atoms with Crippen molar-refractivity contribution in [2.75, 3.05) is 5.32 Å². The molecule has 0 radical (unpaired) electrons. The molecular formula is C15H14BrNOS. The number of carbonyl (C=O) groups is 1. The van der Waals surface area contributed by atoms with Crippen LogP contribution in [-0.4, -0.2) is 5.91 Å². The predicted octanol–water partition coefficient (Wildman–Crippen LogP) is 4.78. The lowest BCUT2D eigenvalue weighted by atomic mass is 10.1. The van der Waals surface area contributed by atoms with Crippen LogP contribution < -0.4 is 5.32 Å². The number of nitrogens with one attached hydrogen (secondary N) is 1. The number of aryl methyl sites for hydroxylation is 1. The molecule has 98 valence electrons. The van der Waals surface area contributed by atoms with E-state index < -0.39 is 0 Å². The molecule has 0 aliphatic rings. The van der Waals surface area contributed by atoms with Crippen molar-refractivity contribution >= 4 is 44.9 Å². The first kappa shape index (κ1) is 14.0. The van der Waals surface area contributed by atoms with E-state index in [0.717, 1.165) is 19.9 Å². The number of anilines is 1. The van der Waals surface area contributed by atoms with Crippen LogP contribution in [0.25, 0.3) is 6.08 Å². The van der Waals surface area contributed by atoms with Gasteiger partial charge in [-0.2, -0.15) is 0 Å². The van der Waals surface area contributed by atoms with E-state index in [1.165, 1.54) is 5.56 Å². The van der Waals surface area contributed by atoms with Crippen LogP contribution >= 0.6 is 27.3 Å². The van der Waals surface area contributed by atoms with Crippen molar-refractivity contribution < 1.29 is 4.79 Å². The van der Waals surface area contributed by atoms with Crippen LogP contribution in [0.15, 0.2) is 40.2 Å². The molecular weight excluding hydrogens is 322 g/mol. The van der Waals surface area contributed by atoms with Crippen molar-refractivity contribution in [3.05, 3.63) is 56.2 Å². The van der Waals surface area contributed by atoms with Crippen molar-refractivity contribution in [2.24, 2.45) is 0 Å². The van der Waals surface area contributed by atoms with Gasteiger partial charge in [-0.15, -0.1) is 11.3 Å². The maximum absolute atomic E-state index is 11.9. The van der Waals surface area contributed by atoms with Gasteiger partial charge < -0.3 is 5.32 Å². The summed E-state index contributed by atoms with van der Waals surface area (Å²) in [5, 5.41) is 2.90. The average molecular weight is 336 g/mol. The summed E-state index contributed by atoms with van der Waals surface area (Å²) in [4.78, 5) is 12.9. The Kier molecular flexibility index (Phi) is 4.56. The highest BCUT2D eigenvalue weighted by atomic mass is 79.9. The highest BCUT2D eigenvalue weighted by Crippen LogP contribution is 2.23. The Balaban J connectivity index is 2.05. The Morgan fingerprint density at radius 2 is 2.05 bits per heavy atom. The summed E-state index contributed by atoms with van der Waals surface area (Å²) in [6.07, 6.45) is 3.37. The number of amides is 1. The van der Waals surface area contributed by atoms with Gasteiger partial charge in [-0.25, -0.2) is 0 Å². The topological polar surface area (TPSA) is 29.1 Å². The van der Waals surface area contributed by atoms with Crippen molar-refractivity contribution in [1.29, 1.82) is 0 Å². The number of halogens is 1. The first-order valence-electron chi connectivity index (χ1n) is 5.87. The monoisotopic (exact) mass is 335 g/mol. The zero-order valence-electron chi connectivity index (χ0n) is 10.7. The molecule has 2 aromatic rings. The Labute approximate surface area is 125 Å². The quantitative estimate of drug-likeness (QED) is 0.803. The van der Waals surface area contributed by atoms with Crippen molar-refractivity contribution in [1.82, 2.24) is 0 Å². The smallest absolute Gasteiger partial charge is 0.248 e. The second-order valence-corrected chi connectivity index (χ2v) is 6.71. The van der Waals surface area contributed by atoms with Gasteiger partial charge in [0.05, 0.1) is 3.79 Å². The molecule has 0 atom stereocenters. The molecule has 0 spiro atoms. The first-order chi connectivity index (χ1) is 9.06. The van der Waals surface area contributed by atoms with E-state index in [9.17, 15) is 4.79 Å². The van der Waals surface area contributed by atoms with Crippen LogP contribution in [0.4, 0.5) is 5.69 Å². The Hall–Kier alpha value is -1.39. The number of carbonyl (C=O) groups excluding carboxylic acids is 1. The fourth-order valence-corrected chi connectivity index (χ4v) is 2.96. The standard InChI is InChI=1S/C15H14BrNOS/c1-10-4-3-5-13(11(10)2)17-15(18)9-7-12-6-8-14(16)19-12/h3-9H,1-2H3,(H,17,18)/b9-7+. The maximum atomic E-state index is 11.9. The third kappa shape index (κ3) is 3.78. The second-order valence-electron chi connectivity index (χ2n) is 4.21. The van der Waals surface area contributed by atoms with Crippen LogP contribution in [-0.2, 0) is 4.79 Å². The third-order valence-electron chi connectivity index (χ3n) is 2.86. The lowest BCUT2D eigenvalue weighted by Crippen LogP contribution is -2.09. The summed E-state index contributed by atoms with van der Waals surface area (Å²) in [6.45, 7) is 4.04. The van der Waals surface area contributed by atoms with Gasteiger partial charge in [0.1, 0.15) is 0 Å². The molecule has 0 aliphatic carbocycles. The van der Waals surface area contributed by atoms with Gasteiger partial charge in [0.15, 0.2) is 0 Å². The molecule has 19 heavy (non-hydrogen) atoms. The molecule has 1 aromatic heterocycles. The summed E-state index contributed by atoms with van der Waals surface area (Å²) in [7, 11) is 0. The van der Waals surface area contributed by atoms with Gasteiger partial charge in [0.2, 0.25) is 5.91 Å². The highest BCUT2D eigenvalue weighted by molar-refractivity contribution is 9.11. The third-order valence-corrected chi connectivity index (χ3v) is 4.44. The second kappa shape index (κ2) is 6.17. The zero-order valence-corrected chi connectivity index (χ0v) is 13.1. The Bertz CT molecular complexity index is 631. The molecule has 2 rings (SSSR count). The molecule has 0 saturated carbocycles. The number of rotatable bonds is 3. The van der Waals surface area contributed by atoms with Crippen LogP contribution in [0, 0.1) is 13.8 Å². The van der Waals surface area contributed by atoms with Crippen molar-refractivity contribution in [3.8, 4) is 0 Å².